The lowest BCUT2D eigenvalue weighted by molar-refractivity contribution is -0.122. The first kappa shape index (κ1) is 21.2. The van der Waals surface area contributed by atoms with Crippen LogP contribution in [0.5, 0.6) is 0 Å². The second-order valence-corrected chi connectivity index (χ2v) is 8.30. The molecule has 1 amide bonds. The Morgan fingerprint density at radius 3 is 2.74 bits per heavy atom. The third-order valence-electron chi connectivity index (χ3n) is 5.76. The van der Waals surface area contributed by atoms with Crippen LogP contribution < -0.4 is 5.32 Å². The molecule has 0 saturated carbocycles. The number of carbonyl (C=O) groups excluding carboxylic acids is 1. The number of hydrogen-bond acceptors (Lipinski definition) is 5. The quantitative estimate of drug-likeness (QED) is 0.608. The summed E-state index contributed by atoms with van der Waals surface area (Å²) in [4.78, 5) is 18.7. The maximum Gasteiger partial charge on any atom is 0.234 e. The fourth-order valence-electron chi connectivity index (χ4n) is 4.16. The molecule has 1 aromatic carbocycles. The molecule has 162 valence electrons. The number of hydrogen-bond donors (Lipinski definition) is 1. The molecule has 1 N–H and O–H groups in total. The Hall–Kier alpha value is -3.06. The van der Waals surface area contributed by atoms with E-state index in [4.69, 9.17) is 0 Å². The molecule has 3 aromatic rings. The van der Waals surface area contributed by atoms with E-state index >= 15 is 0 Å². The van der Waals surface area contributed by atoms with Gasteiger partial charge in [0, 0.05) is 44.4 Å². The highest BCUT2D eigenvalue weighted by molar-refractivity contribution is 5.78. The van der Waals surface area contributed by atoms with Gasteiger partial charge in [-0.3, -0.25) is 14.7 Å². The first-order valence-electron chi connectivity index (χ1n) is 11.0. The number of amides is 1. The molecule has 2 aromatic heterocycles. The molecular weight excluding hydrogens is 388 g/mol. The molecule has 1 aliphatic heterocycles. The zero-order valence-corrected chi connectivity index (χ0v) is 18.1. The summed E-state index contributed by atoms with van der Waals surface area (Å²) in [7, 11) is 1.96. The number of carbonyl (C=O) groups is 1. The van der Waals surface area contributed by atoms with E-state index in [2.05, 4.69) is 49.3 Å². The molecule has 7 nitrogen and oxygen atoms in total. The first-order chi connectivity index (χ1) is 15.2. The highest BCUT2D eigenvalue weighted by Crippen LogP contribution is 2.17. The number of nitrogens with one attached hydrogen (secondary N) is 1. The van der Waals surface area contributed by atoms with Gasteiger partial charge in [0.1, 0.15) is 11.6 Å². The predicted molar refractivity (Wildman–Crippen MR) is 119 cm³/mol. The molecule has 1 unspecified atom stereocenters. The summed E-state index contributed by atoms with van der Waals surface area (Å²) < 4.78 is 2.25. The second kappa shape index (κ2) is 10.3. The van der Waals surface area contributed by atoms with Gasteiger partial charge in [-0.05, 0) is 43.5 Å². The third kappa shape index (κ3) is 5.98. The van der Waals surface area contributed by atoms with Gasteiger partial charge in [-0.25, -0.2) is 0 Å². The standard InChI is InChI=1S/C24H30N6O/c1-29(17-20-8-5-14-25-16-20)18-24(31)26-21-10-12-23-28-27-22(30(23)15-13-21)11-9-19-6-3-2-4-7-19/h2-8,14,16,21H,9-13,15,17-18H2,1H3,(H,26,31). The summed E-state index contributed by atoms with van der Waals surface area (Å²) in [6.45, 7) is 1.93. The average Bonchev–Trinajstić information content (AvgIpc) is 3.06. The Balaban J connectivity index is 1.26. The van der Waals surface area contributed by atoms with E-state index in [9.17, 15) is 4.79 Å². The monoisotopic (exact) mass is 418 g/mol. The van der Waals surface area contributed by atoms with Crippen molar-refractivity contribution in [3.63, 3.8) is 0 Å². The van der Waals surface area contributed by atoms with Crippen molar-refractivity contribution in [3.05, 3.63) is 77.6 Å². The van der Waals surface area contributed by atoms with Crippen molar-refractivity contribution in [1.29, 1.82) is 0 Å². The molecule has 1 aliphatic rings. The van der Waals surface area contributed by atoms with Crippen LogP contribution in [0, 0.1) is 0 Å². The normalized spacial score (nSPS) is 16.0. The lowest BCUT2D eigenvalue weighted by atomic mass is 10.1. The Morgan fingerprint density at radius 1 is 1.10 bits per heavy atom. The highest BCUT2D eigenvalue weighted by atomic mass is 16.2. The summed E-state index contributed by atoms with van der Waals surface area (Å²) in [5.74, 6) is 2.15. The Kier molecular flexibility index (Phi) is 7.04. The van der Waals surface area contributed by atoms with Crippen molar-refractivity contribution in [2.45, 2.75) is 51.2 Å². The van der Waals surface area contributed by atoms with Crippen molar-refractivity contribution < 1.29 is 4.79 Å². The second-order valence-electron chi connectivity index (χ2n) is 8.30. The van der Waals surface area contributed by atoms with E-state index in [1.54, 1.807) is 6.20 Å². The number of fused-ring (bicyclic) bond motifs is 1. The van der Waals surface area contributed by atoms with E-state index in [0.717, 1.165) is 55.9 Å². The summed E-state index contributed by atoms with van der Waals surface area (Å²) in [6.07, 6.45) is 8.08. The van der Waals surface area contributed by atoms with Gasteiger partial charge in [-0.1, -0.05) is 36.4 Å². The minimum Gasteiger partial charge on any atom is -0.352 e. The summed E-state index contributed by atoms with van der Waals surface area (Å²) in [5, 5.41) is 12.1. The summed E-state index contributed by atoms with van der Waals surface area (Å²) >= 11 is 0. The Labute approximate surface area is 183 Å². The predicted octanol–water partition coefficient (Wildman–Crippen LogP) is 2.41. The smallest absolute Gasteiger partial charge is 0.234 e. The maximum absolute atomic E-state index is 12.6. The van der Waals surface area contributed by atoms with Crippen molar-refractivity contribution in [2.24, 2.45) is 0 Å². The number of nitrogens with zero attached hydrogens (tertiary/aromatic N) is 5. The van der Waals surface area contributed by atoms with Crippen LogP contribution in [0.4, 0.5) is 0 Å². The molecule has 3 heterocycles. The fourth-order valence-corrected chi connectivity index (χ4v) is 4.16. The fraction of sp³-hybridized carbons (Fsp3) is 0.417. The van der Waals surface area contributed by atoms with E-state index in [-0.39, 0.29) is 11.9 Å². The van der Waals surface area contributed by atoms with Gasteiger partial charge in [0.2, 0.25) is 5.91 Å². The van der Waals surface area contributed by atoms with Crippen LogP contribution in [0.1, 0.15) is 35.6 Å². The van der Waals surface area contributed by atoms with E-state index in [1.807, 2.05) is 36.3 Å². The molecule has 0 radical (unpaired) electrons. The zero-order valence-electron chi connectivity index (χ0n) is 18.1. The number of rotatable bonds is 8. The first-order valence-corrected chi connectivity index (χ1v) is 11.0. The summed E-state index contributed by atoms with van der Waals surface area (Å²) in [6, 6.07) is 14.6. The number of benzene rings is 1. The highest BCUT2D eigenvalue weighted by Gasteiger charge is 2.21. The van der Waals surface area contributed by atoms with Crippen LogP contribution in [0.15, 0.2) is 54.9 Å². The molecule has 31 heavy (non-hydrogen) atoms. The molecule has 0 aliphatic carbocycles. The van der Waals surface area contributed by atoms with Crippen molar-refractivity contribution >= 4 is 5.91 Å². The molecular formula is C24H30N6O. The number of pyridine rings is 1. The number of likely N-dealkylation sites (N-methyl/N-ethyl adjacent to an activating group) is 1. The van der Waals surface area contributed by atoms with Crippen molar-refractivity contribution in [1.82, 2.24) is 30.0 Å². The molecule has 7 heteroatoms. The van der Waals surface area contributed by atoms with Gasteiger partial charge in [-0.15, -0.1) is 10.2 Å². The Morgan fingerprint density at radius 2 is 1.94 bits per heavy atom. The third-order valence-corrected chi connectivity index (χ3v) is 5.76. The number of aromatic nitrogens is 4. The zero-order chi connectivity index (χ0) is 21.5. The molecule has 0 saturated heterocycles. The molecule has 0 spiro atoms. The lowest BCUT2D eigenvalue weighted by Gasteiger charge is -2.20. The summed E-state index contributed by atoms with van der Waals surface area (Å²) in [5.41, 5.74) is 2.42. The van der Waals surface area contributed by atoms with Crippen molar-refractivity contribution in [3.8, 4) is 0 Å². The molecule has 0 fully saturated rings. The van der Waals surface area contributed by atoms with Crippen molar-refractivity contribution in [2.75, 3.05) is 13.6 Å². The van der Waals surface area contributed by atoms with Crippen LogP contribution in [-0.2, 0) is 37.1 Å². The van der Waals surface area contributed by atoms with Gasteiger partial charge in [0.05, 0.1) is 6.54 Å². The van der Waals surface area contributed by atoms with Crippen LogP contribution >= 0.6 is 0 Å². The SMILES string of the molecule is CN(CC(=O)NC1CCc2nnc(CCc3ccccc3)n2CC1)Cc1cccnc1. The van der Waals surface area contributed by atoms with E-state index in [0.29, 0.717) is 13.1 Å². The van der Waals surface area contributed by atoms with Gasteiger partial charge in [0.25, 0.3) is 0 Å². The lowest BCUT2D eigenvalue weighted by Crippen LogP contribution is -2.41. The van der Waals surface area contributed by atoms with Gasteiger partial charge >= 0.3 is 0 Å². The number of aryl methyl sites for hydroxylation is 3. The molecule has 0 bridgehead atoms. The van der Waals surface area contributed by atoms with Crippen LogP contribution in [0.2, 0.25) is 0 Å². The van der Waals surface area contributed by atoms with Gasteiger partial charge in [0.15, 0.2) is 0 Å². The average molecular weight is 419 g/mol. The van der Waals surface area contributed by atoms with Gasteiger partial charge in [-0.2, -0.15) is 0 Å². The topological polar surface area (TPSA) is 75.9 Å². The molecule has 4 rings (SSSR count). The van der Waals surface area contributed by atoms with Crippen LogP contribution in [0.3, 0.4) is 0 Å². The minimum atomic E-state index is 0.0679. The van der Waals surface area contributed by atoms with E-state index < -0.39 is 0 Å². The van der Waals surface area contributed by atoms with Crippen LogP contribution in [0.25, 0.3) is 0 Å². The van der Waals surface area contributed by atoms with Crippen LogP contribution in [-0.4, -0.2) is 50.2 Å². The maximum atomic E-state index is 12.6. The largest absolute Gasteiger partial charge is 0.352 e. The minimum absolute atomic E-state index is 0.0679. The molecule has 1 atom stereocenters. The Bertz CT molecular complexity index is 972. The van der Waals surface area contributed by atoms with E-state index in [1.165, 1.54) is 5.56 Å². The van der Waals surface area contributed by atoms with Gasteiger partial charge < -0.3 is 9.88 Å².